The Morgan fingerprint density at radius 2 is 1.72 bits per heavy atom. The number of benzene rings is 3. The first kappa shape index (κ1) is 25.1. The van der Waals surface area contributed by atoms with Crippen molar-refractivity contribution in [1.29, 1.82) is 0 Å². The van der Waals surface area contributed by atoms with Gasteiger partial charge in [-0.05, 0) is 49.1 Å². The minimum absolute atomic E-state index is 0.00440. The van der Waals surface area contributed by atoms with E-state index in [0.29, 0.717) is 35.3 Å². The van der Waals surface area contributed by atoms with E-state index in [4.69, 9.17) is 0 Å². The Kier molecular flexibility index (Phi) is 8.12. The number of nitro benzene ring substituents is 1. The first-order valence-corrected chi connectivity index (χ1v) is 12.6. The Morgan fingerprint density at radius 3 is 2.42 bits per heavy atom. The van der Waals surface area contributed by atoms with Crippen LogP contribution in [0.3, 0.4) is 0 Å². The molecule has 0 saturated carbocycles. The van der Waals surface area contributed by atoms with Crippen LogP contribution < -0.4 is 5.32 Å². The molecule has 0 aliphatic heterocycles. The summed E-state index contributed by atoms with van der Waals surface area (Å²) in [6, 6.07) is 23.9. The van der Waals surface area contributed by atoms with Crippen molar-refractivity contribution < 1.29 is 9.72 Å². The summed E-state index contributed by atoms with van der Waals surface area (Å²) in [6.45, 7) is 3.93. The normalized spacial score (nSPS) is 11.7. The molecule has 0 aliphatic carbocycles. The fourth-order valence-electron chi connectivity index (χ4n) is 3.82. The van der Waals surface area contributed by atoms with E-state index in [-0.39, 0.29) is 11.6 Å². The number of aromatic nitrogens is 3. The van der Waals surface area contributed by atoms with Crippen molar-refractivity contribution in [1.82, 2.24) is 20.1 Å². The summed E-state index contributed by atoms with van der Waals surface area (Å²) in [5, 5.41) is 23.6. The molecule has 1 amide bonds. The van der Waals surface area contributed by atoms with Crippen LogP contribution in [0.1, 0.15) is 41.9 Å². The fraction of sp³-hybridized carbons (Fsp3) is 0.222. The highest BCUT2D eigenvalue weighted by molar-refractivity contribution is 7.98. The van der Waals surface area contributed by atoms with Gasteiger partial charge in [-0.15, -0.1) is 10.2 Å². The number of thioether (sulfide) groups is 1. The summed E-state index contributed by atoms with van der Waals surface area (Å²) in [7, 11) is 0. The number of nitro groups is 1. The fourth-order valence-corrected chi connectivity index (χ4v) is 4.85. The second-order valence-electron chi connectivity index (χ2n) is 8.44. The predicted octanol–water partition coefficient (Wildman–Crippen LogP) is 5.59. The SMILES string of the molecule is Cc1ccccc1CSc1nnc(C(C)NC(=O)CCc2ccccc2)n1-c1ccc([N+](=O)[O-])cc1. The minimum atomic E-state index is -0.430. The molecule has 184 valence electrons. The number of amides is 1. The minimum Gasteiger partial charge on any atom is -0.346 e. The van der Waals surface area contributed by atoms with Gasteiger partial charge in [0.25, 0.3) is 5.69 Å². The van der Waals surface area contributed by atoms with E-state index >= 15 is 0 Å². The highest BCUT2D eigenvalue weighted by Gasteiger charge is 2.22. The van der Waals surface area contributed by atoms with Gasteiger partial charge in [-0.2, -0.15) is 0 Å². The van der Waals surface area contributed by atoms with E-state index in [2.05, 4.69) is 34.6 Å². The quantitative estimate of drug-likeness (QED) is 0.173. The summed E-state index contributed by atoms with van der Waals surface area (Å²) in [5.74, 6) is 1.17. The molecular formula is C27H27N5O3S. The topological polar surface area (TPSA) is 103 Å². The van der Waals surface area contributed by atoms with Gasteiger partial charge in [-0.25, -0.2) is 0 Å². The van der Waals surface area contributed by atoms with Crippen molar-refractivity contribution in [2.75, 3.05) is 0 Å². The van der Waals surface area contributed by atoms with Crippen LogP contribution in [0.15, 0.2) is 84.0 Å². The lowest BCUT2D eigenvalue weighted by Crippen LogP contribution is -2.28. The van der Waals surface area contributed by atoms with Gasteiger partial charge in [0.15, 0.2) is 11.0 Å². The van der Waals surface area contributed by atoms with Gasteiger partial charge in [0.05, 0.1) is 11.0 Å². The summed E-state index contributed by atoms with van der Waals surface area (Å²) in [6.07, 6.45) is 1.00. The number of rotatable bonds is 10. The smallest absolute Gasteiger partial charge is 0.269 e. The zero-order chi connectivity index (χ0) is 25.5. The highest BCUT2D eigenvalue weighted by Crippen LogP contribution is 2.29. The molecule has 9 heteroatoms. The van der Waals surface area contributed by atoms with Crippen molar-refractivity contribution in [3.63, 3.8) is 0 Å². The summed E-state index contributed by atoms with van der Waals surface area (Å²) in [5.41, 5.74) is 4.17. The summed E-state index contributed by atoms with van der Waals surface area (Å²) in [4.78, 5) is 23.4. The maximum absolute atomic E-state index is 12.7. The molecule has 1 N–H and O–H groups in total. The molecule has 1 unspecified atom stereocenters. The van der Waals surface area contributed by atoms with E-state index in [9.17, 15) is 14.9 Å². The third kappa shape index (κ3) is 6.17. The molecule has 1 heterocycles. The molecule has 0 saturated heterocycles. The molecule has 0 fully saturated rings. The number of carbonyl (C=O) groups excluding carboxylic acids is 1. The van der Waals surface area contributed by atoms with Crippen LogP contribution in [-0.4, -0.2) is 25.6 Å². The molecule has 36 heavy (non-hydrogen) atoms. The Hall–Kier alpha value is -3.98. The van der Waals surface area contributed by atoms with Crippen LogP contribution in [0.4, 0.5) is 5.69 Å². The maximum Gasteiger partial charge on any atom is 0.269 e. The zero-order valence-electron chi connectivity index (χ0n) is 20.1. The Labute approximate surface area is 213 Å². The second kappa shape index (κ2) is 11.6. The van der Waals surface area contributed by atoms with Crippen LogP contribution in [0.2, 0.25) is 0 Å². The number of nitrogens with zero attached hydrogens (tertiary/aromatic N) is 4. The van der Waals surface area contributed by atoms with E-state index in [1.165, 1.54) is 35.0 Å². The van der Waals surface area contributed by atoms with Crippen molar-refractivity contribution in [3.8, 4) is 5.69 Å². The molecule has 1 aromatic heterocycles. The number of non-ortho nitro benzene ring substituents is 1. The van der Waals surface area contributed by atoms with E-state index in [0.717, 1.165) is 5.56 Å². The molecule has 0 aliphatic rings. The van der Waals surface area contributed by atoms with E-state index in [1.807, 2.05) is 54.0 Å². The van der Waals surface area contributed by atoms with Gasteiger partial charge >= 0.3 is 0 Å². The standard InChI is InChI=1S/C27H27N5O3S/c1-19-8-6-7-11-22(19)18-36-27-30-29-26(31(27)23-13-15-24(16-14-23)32(34)35)20(2)28-25(33)17-12-21-9-4-3-5-10-21/h3-11,13-16,20H,12,17-18H2,1-2H3,(H,28,33). The molecule has 1 atom stereocenters. The molecule has 0 bridgehead atoms. The van der Waals surface area contributed by atoms with E-state index in [1.54, 1.807) is 12.1 Å². The average Bonchev–Trinajstić information content (AvgIpc) is 3.32. The van der Waals surface area contributed by atoms with Gasteiger partial charge in [-0.1, -0.05) is 66.4 Å². The van der Waals surface area contributed by atoms with Gasteiger partial charge in [0.1, 0.15) is 0 Å². The first-order valence-electron chi connectivity index (χ1n) is 11.6. The largest absolute Gasteiger partial charge is 0.346 e. The van der Waals surface area contributed by atoms with Crippen LogP contribution in [-0.2, 0) is 17.0 Å². The molecule has 3 aromatic carbocycles. The highest BCUT2D eigenvalue weighted by atomic mass is 32.2. The summed E-state index contributed by atoms with van der Waals surface area (Å²) < 4.78 is 1.86. The van der Waals surface area contributed by atoms with Crippen LogP contribution >= 0.6 is 11.8 Å². The predicted molar refractivity (Wildman–Crippen MR) is 140 cm³/mol. The van der Waals surface area contributed by atoms with Crippen LogP contribution in [0.5, 0.6) is 0 Å². The van der Waals surface area contributed by atoms with Crippen molar-refractivity contribution >= 4 is 23.4 Å². The zero-order valence-corrected chi connectivity index (χ0v) is 20.9. The number of hydrogen-bond acceptors (Lipinski definition) is 6. The van der Waals surface area contributed by atoms with Gasteiger partial charge in [0.2, 0.25) is 5.91 Å². The molecule has 4 rings (SSSR count). The Balaban J connectivity index is 1.56. The van der Waals surface area contributed by atoms with Gasteiger partial charge in [-0.3, -0.25) is 19.5 Å². The van der Waals surface area contributed by atoms with Crippen molar-refractivity contribution in [2.24, 2.45) is 0 Å². The van der Waals surface area contributed by atoms with Crippen LogP contribution in [0.25, 0.3) is 5.69 Å². The van der Waals surface area contributed by atoms with E-state index < -0.39 is 11.0 Å². The first-order chi connectivity index (χ1) is 17.4. The summed E-state index contributed by atoms with van der Waals surface area (Å²) >= 11 is 1.53. The number of aryl methyl sites for hydroxylation is 2. The lowest BCUT2D eigenvalue weighted by molar-refractivity contribution is -0.384. The van der Waals surface area contributed by atoms with Crippen molar-refractivity contribution in [2.45, 2.75) is 43.6 Å². The monoisotopic (exact) mass is 501 g/mol. The third-order valence-electron chi connectivity index (χ3n) is 5.84. The molecular weight excluding hydrogens is 474 g/mol. The lowest BCUT2D eigenvalue weighted by atomic mass is 10.1. The van der Waals surface area contributed by atoms with Crippen molar-refractivity contribution in [3.05, 3.63) is 111 Å². The Morgan fingerprint density at radius 1 is 1.03 bits per heavy atom. The lowest BCUT2D eigenvalue weighted by Gasteiger charge is -2.16. The van der Waals surface area contributed by atoms with Gasteiger partial charge in [0, 0.05) is 30.0 Å². The number of nitrogens with one attached hydrogen (secondary N) is 1. The number of carbonyl (C=O) groups is 1. The average molecular weight is 502 g/mol. The Bertz CT molecular complexity index is 1340. The van der Waals surface area contributed by atoms with Crippen LogP contribution in [0, 0.1) is 17.0 Å². The maximum atomic E-state index is 12.7. The van der Waals surface area contributed by atoms with Gasteiger partial charge < -0.3 is 5.32 Å². The number of hydrogen-bond donors (Lipinski definition) is 1. The molecule has 4 aromatic rings. The second-order valence-corrected chi connectivity index (χ2v) is 9.38. The molecule has 0 spiro atoms. The molecule has 8 nitrogen and oxygen atoms in total. The molecule has 0 radical (unpaired) electrons. The third-order valence-corrected chi connectivity index (χ3v) is 6.82.